The van der Waals surface area contributed by atoms with Crippen LogP contribution in [0.15, 0.2) is 84.9 Å². The lowest BCUT2D eigenvalue weighted by atomic mass is 10.0. The van der Waals surface area contributed by atoms with Crippen LogP contribution >= 0.6 is 0 Å². The lowest BCUT2D eigenvalue weighted by molar-refractivity contribution is 0.301. The number of hydrogen-bond donors (Lipinski definition) is 2. The third kappa shape index (κ3) is 4.83. The number of fused-ring (bicyclic) bond motifs is 1. The SMILES string of the molecule is c1cc(CCc2cccc(OCc3ccc4ccccc4n3)c2)cc(Cc2n[nH][nH]2)c1. The molecule has 5 nitrogen and oxygen atoms in total. The molecule has 0 bridgehead atoms. The van der Waals surface area contributed by atoms with Gasteiger partial charge in [-0.25, -0.2) is 10.2 Å². The van der Waals surface area contributed by atoms with E-state index in [4.69, 9.17) is 4.74 Å². The van der Waals surface area contributed by atoms with Crippen molar-refractivity contribution in [1.82, 2.24) is 20.4 Å². The number of aromatic nitrogens is 4. The highest BCUT2D eigenvalue weighted by molar-refractivity contribution is 5.78. The van der Waals surface area contributed by atoms with Crippen LogP contribution in [0.3, 0.4) is 0 Å². The predicted molar refractivity (Wildman–Crippen MR) is 122 cm³/mol. The molecule has 5 heteroatoms. The van der Waals surface area contributed by atoms with E-state index in [0.29, 0.717) is 6.61 Å². The summed E-state index contributed by atoms with van der Waals surface area (Å²) in [4.78, 5) is 4.69. The zero-order valence-corrected chi connectivity index (χ0v) is 17.2. The molecule has 0 spiro atoms. The maximum atomic E-state index is 6.03. The molecule has 31 heavy (non-hydrogen) atoms. The van der Waals surface area contributed by atoms with Crippen LogP contribution in [-0.4, -0.2) is 20.4 Å². The van der Waals surface area contributed by atoms with Crippen LogP contribution in [-0.2, 0) is 25.9 Å². The summed E-state index contributed by atoms with van der Waals surface area (Å²) >= 11 is 0. The van der Waals surface area contributed by atoms with Crippen molar-refractivity contribution < 1.29 is 4.74 Å². The summed E-state index contributed by atoms with van der Waals surface area (Å²) in [6, 6.07) is 29.3. The Hall–Kier alpha value is -3.86. The number of aromatic amines is 2. The van der Waals surface area contributed by atoms with Crippen molar-refractivity contribution in [2.24, 2.45) is 0 Å². The molecule has 0 amide bonds. The van der Waals surface area contributed by atoms with Crippen LogP contribution in [0.1, 0.15) is 28.2 Å². The molecule has 0 saturated carbocycles. The number of H-pyrrole nitrogens is 2. The Morgan fingerprint density at radius 2 is 1.52 bits per heavy atom. The summed E-state index contributed by atoms with van der Waals surface area (Å²) in [6.45, 7) is 0.461. The number of nitrogens with one attached hydrogen (secondary N) is 2. The molecule has 2 aromatic heterocycles. The van der Waals surface area contributed by atoms with Crippen molar-refractivity contribution in [3.8, 4) is 5.75 Å². The van der Waals surface area contributed by atoms with Gasteiger partial charge in [0.15, 0.2) is 0 Å². The van der Waals surface area contributed by atoms with E-state index in [1.54, 1.807) is 0 Å². The summed E-state index contributed by atoms with van der Waals surface area (Å²) in [6.07, 6.45) is 2.78. The maximum absolute atomic E-state index is 6.03. The minimum atomic E-state index is 0.461. The van der Waals surface area contributed by atoms with Gasteiger partial charge >= 0.3 is 0 Å². The first-order chi connectivity index (χ1) is 15.3. The van der Waals surface area contributed by atoms with Crippen LogP contribution in [0, 0.1) is 0 Å². The van der Waals surface area contributed by atoms with Crippen LogP contribution in [0.2, 0.25) is 0 Å². The smallest absolute Gasteiger partial charge is 0.148 e. The molecule has 0 fully saturated rings. The number of nitrogens with zero attached hydrogens (tertiary/aromatic N) is 2. The third-order valence-corrected chi connectivity index (χ3v) is 5.40. The van der Waals surface area contributed by atoms with Crippen molar-refractivity contribution in [3.63, 3.8) is 0 Å². The Morgan fingerprint density at radius 1 is 0.742 bits per heavy atom. The van der Waals surface area contributed by atoms with E-state index in [0.717, 1.165) is 47.4 Å². The number of para-hydroxylation sites is 1. The lowest BCUT2D eigenvalue weighted by Crippen LogP contribution is -2.05. The Balaban J connectivity index is 1.19. The number of hydrogen-bond acceptors (Lipinski definition) is 3. The van der Waals surface area contributed by atoms with Gasteiger partial charge in [0.1, 0.15) is 18.2 Å². The van der Waals surface area contributed by atoms with Crippen LogP contribution in [0.25, 0.3) is 10.9 Å². The van der Waals surface area contributed by atoms with Gasteiger partial charge in [-0.2, -0.15) is 0 Å². The second-order valence-corrected chi connectivity index (χ2v) is 7.72. The van der Waals surface area contributed by atoms with Gasteiger partial charge in [-0.05, 0) is 53.8 Å². The maximum Gasteiger partial charge on any atom is 0.148 e. The van der Waals surface area contributed by atoms with E-state index in [1.807, 2.05) is 30.3 Å². The molecule has 0 aliphatic heterocycles. The number of aryl methyl sites for hydroxylation is 2. The van der Waals surface area contributed by atoms with Crippen LogP contribution < -0.4 is 4.74 Å². The van der Waals surface area contributed by atoms with E-state index in [1.165, 1.54) is 16.7 Å². The fourth-order valence-electron chi connectivity index (χ4n) is 3.73. The molecule has 0 aliphatic rings. The minimum Gasteiger partial charge on any atom is -0.487 e. The van der Waals surface area contributed by atoms with E-state index < -0.39 is 0 Å². The highest BCUT2D eigenvalue weighted by Gasteiger charge is 2.04. The predicted octanol–water partition coefficient (Wildman–Crippen LogP) is 5.24. The quantitative estimate of drug-likeness (QED) is 0.369. The van der Waals surface area contributed by atoms with Crippen molar-refractivity contribution in [1.29, 1.82) is 0 Å². The van der Waals surface area contributed by atoms with Gasteiger partial charge in [0, 0.05) is 11.8 Å². The molecule has 5 aromatic rings. The Labute approximate surface area is 181 Å². The first kappa shape index (κ1) is 19.1. The van der Waals surface area contributed by atoms with Gasteiger partial charge in [-0.3, -0.25) is 5.10 Å². The molecular formula is C26H24N4O. The number of benzene rings is 3. The molecule has 0 saturated heterocycles. The largest absolute Gasteiger partial charge is 0.487 e. The lowest BCUT2D eigenvalue weighted by Gasteiger charge is -2.09. The van der Waals surface area contributed by atoms with Crippen molar-refractivity contribution in [2.45, 2.75) is 25.9 Å². The highest BCUT2D eigenvalue weighted by atomic mass is 16.5. The van der Waals surface area contributed by atoms with Gasteiger partial charge in [0.25, 0.3) is 0 Å². The monoisotopic (exact) mass is 408 g/mol. The summed E-state index contributed by atoms with van der Waals surface area (Å²) in [5, 5.41) is 10.9. The average Bonchev–Trinajstić information content (AvgIpc) is 2.79. The fourth-order valence-corrected chi connectivity index (χ4v) is 3.73. The summed E-state index contributed by atoms with van der Waals surface area (Å²) in [7, 11) is 0. The van der Waals surface area contributed by atoms with Crippen LogP contribution in [0.5, 0.6) is 5.75 Å². The fraction of sp³-hybridized carbons (Fsp3) is 0.154. The van der Waals surface area contributed by atoms with Crippen molar-refractivity contribution in [3.05, 3.63) is 113 Å². The van der Waals surface area contributed by atoms with E-state index in [9.17, 15) is 0 Å². The zero-order valence-electron chi connectivity index (χ0n) is 17.2. The molecule has 0 aliphatic carbocycles. The molecular weight excluding hydrogens is 384 g/mol. The highest BCUT2D eigenvalue weighted by Crippen LogP contribution is 2.18. The number of ether oxygens (including phenoxy) is 1. The van der Waals surface area contributed by atoms with E-state index in [-0.39, 0.29) is 0 Å². The topological polar surface area (TPSA) is 66.6 Å². The second kappa shape index (κ2) is 8.88. The average molecular weight is 409 g/mol. The summed E-state index contributed by atoms with van der Waals surface area (Å²) in [5.74, 6) is 1.85. The molecule has 2 N–H and O–H groups in total. The molecule has 154 valence electrons. The number of pyridine rings is 1. The first-order valence-corrected chi connectivity index (χ1v) is 10.5. The third-order valence-electron chi connectivity index (χ3n) is 5.40. The summed E-state index contributed by atoms with van der Waals surface area (Å²) < 4.78 is 6.03. The molecule has 3 aromatic carbocycles. The van der Waals surface area contributed by atoms with E-state index in [2.05, 4.69) is 75.0 Å². The normalized spacial score (nSPS) is 11.1. The standard InChI is InChI=1S/C26H24N4O/c1-2-10-25-22(8-1)13-14-23(27-25)18-31-24-9-4-6-20(16-24)12-11-19-5-3-7-21(15-19)17-26-28-30-29-26/h1-10,13-16,30H,11-12,17-18H2,(H,28,29). The molecule has 5 rings (SSSR count). The first-order valence-electron chi connectivity index (χ1n) is 10.5. The van der Waals surface area contributed by atoms with Crippen LogP contribution in [0.4, 0.5) is 0 Å². The minimum absolute atomic E-state index is 0.461. The summed E-state index contributed by atoms with van der Waals surface area (Å²) in [5.41, 5.74) is 5.79. The number of rotatable bonds is 8. The zero-order chi connectivity index (χ0) is 20.9. The molecule has 0 atom stereocenters. The second-order valence-electron chi connectivity index (χ2n) is 7.72. The Bertz CT molecular complexity index is 1280. The Morgan fingerprint density at radius 3 is 2.35 bits per heavy atom. The van der Waals surface area contributed by atoms with Gasteiger partial charge in [-0.1, -0.05) is 60.7 Å². The van der Waals surface area contributed by atoms with Gasteiger partial charge < -0.3 is 4.74 Å². The van der Waals surface area contributed by atoms with Gasteiger partial charge in [0.05, 0.1) is 11.2 Å². The molecule has 0 unspecified atom stereocenters. The molecule has 0 radical (unpaired) electrons. The van der Waals surface area contributed by atoms with Crippen molar-refractivity contribution in [2.75, 3.05) is 0 Å². The van der Waals surface area contributed by atoms with Crippen molar-refractivity contribution >= 4 is 10.9 Å². The Kier molecular flexibility index (Phi) is 5.48. The van der Waals surface area contributed by atoms with Gasteiger partial charge in [0.2, 0.25) is 0 Å². The van der Waals surface area contributed by atoms with E-state index >= 15 is 0 Å². The van der Waals surface area contributed by atoms with Gasteiger partial charge in [-0.15, -0.1) is 5.10 Å². The molecule has 2 heterocycles.